The van der Waals surface area contributed by atoms with Gasteiger partial charge in [-0.3, -0.25) is 5.43 Å². The smallest absolute Gasteiger partial charge is 0.220 e. The van der Waals surface area contributed by atoms with Gasteiger partial charge in [0.15, 0.2) is 0 Å². The number of aryl methyl sites for hydroxylation is 2. The molecule has 0 aliphatic carbocycles. The average molecular weight is 449 g/mol. The molecule has 170 valence electrons. The normalized spacial score (nSPS) is 11.7. The Hall–Kier alpha value is -4.58. The molecule has 0 saturated carbocycles. The Balaban J connectivity index is 1.71. The third kappa shape index (κ3) is 6.23. The maximum absolute atomic E-state index is 6.49. The number of anilines is 2. The Bertz CT molecular complexity index is 1250. The van der Waals surface area contributed by atoms with Gasteiger partial charge in [-0.05, 0) is 62.4 Å². The van der Waals surface area contributed by atoms with E-state index in [1.807, 2.05) is 109 Å². The lowest BCUT2D eigenvalue weighted by Crippen LogP contribution is -2.52. The SMILES string of the molecule is Cc1ccc(N=C(Nc2ccc(C)cc2)NN(C(N)=Nc2ccccc2)c2ccccc2)cc1. The molecule has 6 nitrogen and oxygen atoms in total. The second kappa shape index (κ2) is 10.8. The van der Waals surface area contributed by atoms with Crippen LogP contribution in [-0.4, -0.2) is 11.9 Å². The minimum atomic E-state index is 0.278. The van der Waals surface area contributed by atoms with E-state index >= 15 is 0 Å². The summed E-state index contributed by atoms with van der Waals surface area (Å²) in [4.78, 5) is 9.42. The number of nitrogens with one attached hydrogen (secondary N) is 2. The molecular formula is C28H28N6. The zero-order valence-corrected chi connectivity index (χ0v) is 19.3. The number of nitrogens with zero attached hydrogens (tertiary/aromatic N) is 3. The average Bonchev–Trinajstić information content (AvgIpc) is 2.86. The van der Waals surface area contributed by atoms with Crippen LogP contribution in [0.3, 0.4) is 0 Å². The Morgan fingerprint density at radius 3 is 1.79 bits per heavy atom. The summed E-state index contributed by atoms with van der Waals surface area (Å²) in [5.74, 6) is 0.780. The Labute approximate surface area is 200 Å². The van der Waals surface area contributed by atoms with Crippen molar-refractivity contribution in [1.29, 1.82) is 0 Å². The number of aliphatic imine (C=N–C) groups is 2. The monoisotopic (exact) mass is 448 g/mol. The van der Waals surface area contributed by atoms with Crippen LogP contribution in [0.1, 0.15) is 11.1 Å². The van der Waals surface area contributed by atoms with Crippen molar-refractivity contribution in [1.82, 2.24) is 5.43 Å². The number of nitrogens with two attached hydrogens (primary N) is 1. The van der Waals surface area contributed by atoms with Crippen LogP contribution in [0.5, 0.6) is 0 Å². The van der Waals surface area contributed by atoms with Gasteiger partial charge in [-0.2, -0.15) is 0 Å². The van der Waals surface area contributed by atoms with Gasteiger partial charge in [0.05, 0.1) is 17.1 Å². The lowest BCUT2D eigenvalue weighted by molar-refractivity contribution is 0.945. The minimum Gasteiger partial charge on any atom is -0.368 e. The Morgan fingerprint density at radius 1 is 0.647 bits per heavy atom. The molecule has 0 aromatic heterocycles. The second-order valence-corrected chi connectivity index (χ2v) is 7.88. The third-order valence-electron chi connectivity index (χ3n) is 5.05. The van der Waals surface area contributed by atoms with Crippen LogP contribution in [-0.2, 0) is 0 Å². The molecule has 0 amide bonds. The molecule has 4 N–H and O–H groups in total. The zero-order chi connectivity index (χ0) is 23.8. The summed E-state index contributed by atoms with van der Waals surface area (Å²) in [6.07, 6.45) is 0. The second-order valence-electron chi connectivity index (χ2n) is 7.88. The molecule has 0 bridgehead atoms. The summed E-state index contributed by atoms with van der Waals surface area (Å²) < 4.78 is 0. The number of hydrogen-bond acceptors (Lipinski definition) is 2. The molecular weight excluding hydrogens is 420 g/mol. The zero-order valence-electron chi connectivity index (χ0n) is 19.3. The van der Waals surface area contributed by atoms with Crippen molar-refractivity contribution in [2.75, 3.05) is 10.3 Å². The topological polar surface area (TPSA) is 78.0 Å². The number of guanidine groups is 2. The van der Waals surface area contributed by atoms with Gasteiger partial charge in [0.25, 0.3) is 0 Å². The highest BCUT2D eigenvalue weighted by molar-refractivity contribution is 6.03. The molecule has 4 aromatic rings. The van der Waals surface area contributed by atoms with E-state index in [1.54, 1.807) is 5.01 Å². The predicted octanol–water partition coefficient (Wildman–Crippen LogP) is 6.06. The number of rotatable bonds is 4. The Morgan fingerprint density at radius 2 is 1.18 bits per heavy atom. The fourth-order valence-electron chi connectivity index (χ4n) is 3.22. The van der Waals surface area contributed by atoms with Crippen molar-refractivity contribution in [3.63, 3.8) is 0 Å². The molecule has 0 atom stereocenters. The molecule has 0 fully saturated rings. The number of hydrogen-bond donors (Lipinski definition) is 3. The molecule has 0 radical (unpaired) electrons. The first-order valence-electron chi connectivity index (χ1n) is 11.1. The molecule has 0 spiro atoms. The van der Waals surface area contributed by atoms with Crippen LogP contribution in [0.4, 0.5) is 22.7 Å². The van der Waals surface area contributed by atoms with Crippen molar-refractivity contribution < 1.29 is 0 Å². The van der Waals surface area contributed by atoms with Crippen molar-refractivity contribution in [2.45, 2.75) is 13.8 Å². The molecule has 0 unspecified atom stereocenters. The first-order valence-corrected chi connectivity index (χ1v) is 11.1. The van der Waals surface area contributed by atoms with E-state index in [-0.39, 0.29) is 5.96 Å². The lowest BCUT2D eigenvalue weighted by Gasteiger charge is -2.26. The lowest BCUT2D eigenvalue weighted by atomic mass is 10.2. The number of hydrazine groups is 1. The van der Waals surface area contributed by atoms with E-state index in [0.29, 0.717) is 5.96 Å². The van der Waals surface area contributed by atoms with Crippen molar-refractivity contribution in [3.05, 3.63) is 120 Å². The van der Waals surface area contributed by atoms with E-state index in [4.69, 9.17) is 10.7 Å². The molecule has 0 aliphatic heterocycles. The molecule has 34 heavy (non-hydrogen) atoms. The third-order valence-corrected chi connectivity index (χ3v) is 5.05. The van der Waals surface area contributed by atoms with Crippen molar-refractivity contribution in [2.24, 2.45) is 15.7 Å². The highest BCUT2D eigenvalue weighted by Crippen LogP contribution is 2.17. The van der Waals surface area contributed by atoms with Crippen molar-refractivity contribution >= 4 is 34.7 Å². The first kappa shape index (κ1) is 22.6. The first-order chi connectivity index (χ1) is 16.6. The fraction of sp³-hybridized carbons (Fsp3) is 0.0714. The van der Waals surface area contributed by atoms with Gasteiger partial charge in [0.2, 0.25) is 11.9 Å². The van der Waals surface area contributed by atoms with E-state index < -0.39 is 0 Å². The largest absolute Gasteiger partial charge is 0.368 e. The number of para-hydroxylation sites is 2. The summed E-state index contributed by atoms with van der Waals surface area (Å²) in [5, 5.41) is 5.08. The summed E-state index contributed by atoms with van der Waals surface area (Å²) in [6.45, 7) is 4.11. The van der Waals surface area contributed by atoms with Crippen LogP contribution in [0.15, 0.2) is 119 Å². The van der Waals surface area contributed by atoms with Crippen LogP contribution < -0.4 is 21.5 Å². The van der Waals surface area contributed by atoms with Gasteiger partial charge in [-0.15, -0.1) is 0 Å². The van der Waals surface area contributed by atoms with Crippen LogP contribution >= 0.6 is 0 Å². The van der Waals surface area contributed by atoms with Crippen LogP contribution in [0.2, 0.25) is 0 Å². The summed E-state index contributed by atoms with van der Waals surface area (Å²) in [5.41, 5.74) is 15.5. The minimum absolute atomic E-state index is 0.278. The summed E-state index contributed by atoms with van der Waals surface area (Å²) in [7, 11) is 0. The van der Waals surface area contributed by atoms with Crippen molar-refractivity contribution in [3.8, 4) is 0 Å². The molecule has 6 heteroatoms. The van der Waals surface area contributed by atoms with Gasteiger partial charge < -0.3 is 11.1 Å². The summed E-state index contributed by atoms with van der Waals surface area (Å²) in [6, 6.07) is 35.5. The fourth-order valence-corrected chi connectivity index (χ4v) is 3.22. The van der Waals surface area contributed by atoms with Gasteiger partial charge in [-0.25, -0.2) is 15.0 Å². The highest BCUT2D eigenvalue weighted by atomic mass is 15.6. The highest BCUT2D eigenvalue weighted by Gasteiger charge is 2.14. The molecule has 0 saturated heterocycles. The van der Waals surface area contributed by atoms with E-state index in [0.717, 1.165) is 22.7 Å². The standard InChI is InChI=1S/C28H28N6/c1-21-13-17-24(18-14-21)31-28(32-25-19-15-22(2)16-20-25)33-34(26-11-7-4-8-12-26)27(29)30-23-9-5-3-6-10-23/h3-20H,1-2H3,(H2,29,30)(H2,31,32,33). The van der Waals surface area contributed by atoms with Gasteiger partial charge in [-0.1, -0.05) is 71.8 Å². The van der Waals surface area contributed by atoms with E-state index in [2.05, 4.69) is 29.6 Å². The molecule has 0 heterocycles. The summed E-state index contributed by atoms with van der Waals surface area (Å²) >= 11 is 0. The maximum atomic E-state index is 6.49. The predicted molar refractivity (Wildman–Crippen MR) is 143 cm³/mol. The van der Waals surface area contributed by atoms with Crippen LogP contribution in [0, 0.1) is 13.8 Å². The Kier molecular flexibility index (Phi) is 7.20. The van der Waals surface area contributed by atoms with E-state index in [9.17, 15) is 0 Å². The maximum Gasteiger partial charge on any atom is 0.220 e. The van der Waals surface area contributed by atoms with Gasteiger partial charge in [0.1, 0.15) is 0 Å². The van der Waals surface area contributed by atoms with Gasteiger partial charge in [0, 0.05) is 5.69 Å². The molecule has 0 aliphatic rings. The van der Waals surface area contributed by atoms with E-state index in [1.165, 1.54) is 11.1 Å². The number of benzene rings is 4. The quantitative estimate of drug-likeness (QED) is 0.201. The molecule has 4 rings (SSSR count). The molecule has 4 aromatic carbocycles. The van der Waals surface area contributed by atoms with Gasteiger partial charge >= 0.3 is 0 Å². The van der Waals surface area contributed by atoms with Crippen LogP contribution in [0.25, 0.3) is 0 Å².